The third-order valence-electron chi connectivity index (χ3n) is 3.93. The van der Waals surface area contributed by atoms with Crippen LogP contribution in [0.25, 0.3) is 11.3 Å². The van der Waals surface area contributed by atoms with Gasteiger partial charge in [-0.25, -0.2) is 9.37 Å². The molecule has 7 heteroatoms. The number of anilines is 1. The Kier molecular flexibility index (Phi) is 5.28. The maximum atomic E-state index is 13.0. The van der Waals surface area contributed by atoms with Gasteiger partial charge in [-0.1, -0.05) is 12.1 Å². The summed E-state index contributed by atoms with van der Waals surface area (Å²) in [6.45, 7) is 0. The monoisotopic (exact) mass is 402 g/mol. The first kappa shape index (κ1) is 17.6. The van der Waals surface area contributed by atoms with Crippen molar-refractivity contribution in [2.45, 2.75) is 4.58 Å². The second kappa shape index (κ2) is 7.82. The summed E-state index contributed by atoms with van der Waals surface area (Å²) in [6.07, 6.45) is 0. The minimum Gasteiger partial charge on any atom is -0.298 e. The number of carbonyl (C=O) groups is 1. The molecule has 1 aliphatic heterocycles. The fourth-order valence-corrected chi connectivity index (χ4v) is 6.17. The molecule has 3 aromatic rings. The van der Waals surface area contributed by atoms with E-state index in [4.69, 9.17) is 0 Å². The van der Waals surface area contributed by atoms with Gasteiger partial charge in [-0.15, -0.1) is 34.9 Å². The minimum atomic E-state index is -0.282. The third-order valence-corrected chi connectivity index (χ3v) is 7.79. The smallest absolute Gasteiger partial charge is 0.257 e. The molecule has 3 nitrogen and oxygen atoms in total. The highest BCUT2D eigenvalue weighted by molar-refractivity contribution is 8.19. The number of carbonyl (C=O) groups excluding carboxylic acids is 1. The molecular formula is C19H15FN2OS3. The van der Waals surface area contributed by atoms with Crippen molar-refractivity contribution in [1.29, 1.82) is 0 Å². The number of benzene rings is 2. The molecule has 2 heterocycles. The molecule has 26 heavy (non-hydrogen) atoms. The Labute approximate surface area is 163 Å². The van der Waals surface area contributed by atoms with E-state index in [1.165, 1.54) is 40.5 Å². The van der Waals surface area contributed by atoms with Gasteiger partial charge in [0.2, 0.25) is 0 Å². The number of nitrogens with zero attached hydrogens (tertiary/aromatic N) is 1. The lowest BCUT2D eigenvalue weighted by atomic mass is 10.1. The Morgan fingerprint density at radius 3 is 2.42 bits per heavy atom. The van der Waals surface area contributed by atoms with Gasteiger partial charge in [0.1, 0.15) is 5.82 Å². The molecule has 1 aromatic heterocycles. The topological polar surface area (TPSA) is 42.0 Å². The fourth-order valence-electron chi connectivity index (χ4n) is 2.60. The number of hydrogen-bond donors (Lipinski definition) is 1. The number of thioether (sulfide) groups is 2. The van der Waals surface area contributed by atoms with Gasteiger partial charge in [0, 0.05) is 28.0 Å². The highest BCUT2D eigenvalue weighted by Crippen LogP contribution is 2.45. The molecule has 1 saturated heterocycles. The maximum absolute atomic E-state index is 13.0. The maximum Gasteiger partial charge on any atom is 0.257 e. The zero-order valence-electron chi connectivity index (χ0n) is 13.6. The summed E-state index contributed by atoms with van der Waals surface area (Å²) in [6, 6.07) is 13.9. The molecule has 1 amide bonds. The molecule has 0 bridgehead atoms. The van der Waals surface area contributed by atoms with E-state index in [1.54, 1.807) is 12.1 Å². The van der Waals surface area contributed by atoms with Gasteiger partial charge in [-0.3, -0.25) is 10.1 Å². The average molecular weight is 403 g/mol. The van der Waals surface area contributed by atoms with Crippen molar-refractivity contribution in [3.8, 4) is 11.3 Å². The number of aromatic nitrogens is 1. The summed E-state index contributed by atoms with van der Waals surface area (Å²) in [5, 5.41) is 5.21. The van der Waals surface area contributed by atoms with Crippen LogP contribution in [0.5, 0.6) is 0 Å². The Bertz CT molecular complexity index is 903. The Hall–Kier alpha value is -1.83. The van der Waals surface area contributed by atoms with E-state index >= 15 is 0 Å². The number of amides is 1. The van der Waals surface area contributed by atoms with E-state index in [2.05, 4.69) is 10.3 Å². The molecule has 2 aromatic carbocycles. The van der Waals surface area contributed by atoms with E-state index in [0.29, 0.717) is 15.3 Å². The number of thiazole rings is 1. The van der Waals surface area contributed by atoms with E-state index in [9.17, 15) is 9.18 Å². The Balaban J connectivity index is 1.44. The Morgan fingerprint density at radius 1 is 1.04 bits per heavy atom. The molecule has 0 aliphatic carbocycles. The zero-order chi connectivity index (χ0) is 17.9. The molecule has 1 fully saturated rings. The largest absolute Gasteiger partial charge is 0.298 e. The predicted octanol–water partition coefficient (Wildman–Crippen LogP) is 5.68. The van der Waals surface area contributed by atoms with Crippen LogP contribution in [0.2, 0.25) is 0 Å². The van der Waals surface area contributed by atoms with Crippen molar-refractivity contribution in [3.63, 3.8) is 0 Å². The predicted molar refractivity (Wildman–Crippen MR) is 110 cm³/mol. The highest BCUT2D eigenvalue weighted by atomic mass is 32.2. The average Bonchev–Trinajstić information content (AvgIpc) is 3.35. The lowest BCUT2D eigenvalue weighted by Crippen LogP contribution is -2.11. The van der Waals surface area contributed by atoms with Gasteiger partial charge in [0.05, 0.1) is 10.3 Å². The number of halogens is 1. The van der Waals surface area contributed by atoms with Gasteiger partial charge in [-0.2, -0.15) is 0 Å². The first-order valence-electron chi connectivity index (χ1n) is 8.05. The molecule has 0 spiro atoms. The van der Waals surface area contributed by atoms with Crippen molar-refractivity contribution in [2.75, 3.05) is 16.8 Å². The molecule has 0 unspecified atom stereocenters. The lowest BCUT2D eigenvalue weighted by molar-refractivity contribution is 0.102. The van der Waals surface area contributed by atoms with Gasteiger partial charge < -0.3 is 0 Å². The standard InChI is InChI=1S/C19H15FN2OS3/c20-15-7-5-12(6-8-15)16-11-26-19(21-16)22-17(23)13-1-3-14(4-2-13)18-24-9-10-25-18/h1-8,11,18H,9-10H2,(H,21,22,23). The van der Waals surface area contributed by atoms with E-state index in [1.807, 2.05) is 53.2 Å². The molecule has 4 rings (SSSR count). The van der Waals surface area contributed by atoms with Crippen LogP contribution in [0, 0.1) is 5.82 Å². The SMILES string of the molecule is O=C(Nc1nc(-c2ccc(F)cc2)cs1)c1ccc(C2SCCS2)cc1. The summed E-state index contributed by atoms with van der Waals surface area (Å²) in [7, 11) is 0. The molecule has 0 saturated carbocycles. The van der Waals surface area contributed by atoms with Crippen molar-refractivity contribution in [2.24, 2.45) is 0 Å². The number of rotatable bonds is 4. The summed E-state index contributed by atoms with van der Waals surface area (Å²) in [5.74, 6) is 1.90. The van der Waals surface area contributed by atoms with Crippen LogP contribution >= 0.6 is 34.9 Å². The number of hydrogen-bond acceptors (Lipinski definition) is 5. The van der Waals surface area contributed by atoms with E-state index < -0.39 is 0 Å². The van der Waals surface area contributed by atoms with Crippen LogP contribution in [0.1, 0.15) is 20.5 Å². The number of nitrogens with one attached hydrogen (secondary N) is 1. The first-order chi connectivity index (χ1) is 12.7. The van der Waals surface area contributed by atoms with Crippen molar-refractivity contribution in [1.82, 2.24) is 4.98 Å². The van der Waals surface area contributed by atoms with Crippen LogP contribution in [-0.2, 0) is 0 Å². The molecule has 1 aliphatic rings. The second-order valence-electron chi connectivity index (χ2n) is 5.69. The van der Waals surface area contributed by atoms with Crippen LogP contribution in [-0.4, -0.2) is 22.4 Å². The summed E-state index contributed by atoms with van der Waals surface area (Å²) in [4.78, 5) is 16.8. The van der Waals surface area contributed by atoms with Gasteiger partial charge in [-0.05, 0) is 42.0 Å². The third kappa shape index (κ3) is 3.95. The first-order valence-corrected chi connectivity index (χ1v) is 11.0. The Morgan fingerprint density at radius 2 is 1.73 bits per heavy atom. The van der Waals surface area contributed by atoms with E-state index in [-0.39, 0.29) is 11.7 Å². The van der Waals surface area contributed by atoms with Crippen LogP contribution in [0.4, 0.5) is 9.52 Å². The summed E-state index contributed by atoms with van der Waals surface area (Å²) in [5.41, 5.74) is 3.40. The van der Waals surface area contributed by atoms with Gasteiger partial charge in [0.25, 0.3) is 5.91 Å². The van der Waals surface area contributed by atoms with Crippen molar-refractivity contribution < 1.29 is 9.18 Å². The molecule has 0 radical (unpaired) electrons. The summed E-state index contributed by atoms with van der Waals surface area (Å²) < 4.78 is 13.5. The van der Waals surface area contributed by atoms with Gasteiger partial charge >= 0.3 is 0 Å². The van der Waals surface area contributed by atoms with E-state index in [0.717, 1.165) is 11.3 Å². The molecule has 1 N–H and O–H groups in total. The molecule has 0 atom stereocenters. The van der Waals surface area contributed by atoms with Crippen LogP contribution in [0.3, 0.4) is 0 Å². The lowest BCUT2D eigenvalue weighted by Gasteiger charge is -2.09. The second-order valence-corrected chi connectivity index (χ2v) is 9.28. The highest BCUT2D eigenvalue weighted by Gasteiger charge is 2.18. The quantitative estimate of drug-likeness (QED) is 0.610. The minimum absolute atomic E-state index is 0.178. The van der Waals surface area contributed by atoms with Crippen molar-refractivity contribution in [3.05, 3.63) is 70.9 Å². The zero-order valence-corrected chi connectivity index (χ0v) is 16.1. The van der Waals surface area contributed by atoms with Crippen LogP contribution in [0.15, 0.2) is 53.9 Å². The van der Waals surface area contributed by atoms with Crippen LogP contribution < -0.4 is 5.32 Å². The molecular weight excluding hydrogens is 387 g/mol. The normalized spacial score (nSPS) is 14.5. The van der Waals surface area contributed by atoms with Crippen molar-refractivity contribution >= 4 is 45.9 Å². The molecule has 132 valence electrons. The fraction of sp³-hybridized carbons (Fsp3) is 0.158. The summed E-state index contributed by atoms with van der Waals surface area (Å²) >= 11 is 5.24. The van der Waals surface area contributed by atoms with Gasteiger partial charge in [0.15, 0.2) is 5.13 Å².